The Hall–Kier alpha value is -3.33. The molecule has 0 unspecified atom stereocenters. The first-order chi connectivity index (χ1) is 14.3. The van der Waals surface area contributed by atoms with Gasteiger partial charge in [-0.2, -0.15) is 5.10 Å². The van der Waals surface area contributed by atoms with Crippen LogP contribution in [0.25, 0.3) is 22.4 Å². The van der Waals surface area contributed by atoms with E-state index in [9.17, 15) is 8.42 Å². The molecule has 0 aliphatic carbocycles. The lowest BCUT2D eigenvalue weighted by molar-refractivity contribution is 0.415. The molecule has 0 bridgehead atoms. The molecule has 0 saturated carbocycles. The van der Waals surface area contributed by atoms with E-state index in [1.54, 1.807) is 54.3 Å². The summed E-state index contributed by atoms with van der Waals surface area (Å²) in [7, 11) is -0.325. The average molecular weight is 426 g/mol. The maximum absolute atomic E-state index is 12.8. The van der Waals surface area contributed by atoms with Crippen LogP contribution in [0.2, 0.25) is 0 Å². The third-order valence-electron chi connectivity index (χ3n) is 4.77. The van der Waals surface area contributed by atoms with Gasteiger partial charge in [0.15, 0.2) is 0 Å². The molecule has 4 aromatic rings. The lowest BCUT2D eigenvalue weighted by Gasteiger charge is -2.08. The van der Waals surface area contributed by atoms with Gasteiger partial charge in [-0.25, -0.2) is 13.4 Å². The normalized spacial score (nSPS) is 11.9. The van der Waals surface area contributed by atoms with E-state index in [1.807, 2.05) is 13.2 Å². The minimum atomic E-state index is -3.75. The van der Waals surface area contributed by atoms with Gasteiger partial charge in [0, 0.05) is 18.9 Å². The predicted molar refractivity (Wildman–Crippen MR) is 116 cm³/mol. The van der Waals surface area contributed by atoms with E-state index < -0.39 is 10.0 Å². The van der Waals surface area contributed by atoms with Crippen LogP contribution in [0.15, 0.2) is 53.6 Å². The van der Waals surface area contributed by atoms with Crippen LogP contribution in [0.3, 0.4) is 0 Å². The van der Waals surface area contributed by atoms with E-state index in [-0.39, 0.29) is 10.8 Å². The molecule has 156 valence electrons. The van der Waals surface area contributed by atoms with Crippen LogP contribution in [0, 0.1) is 0 Å². The molecule has 0 saturated heterocycles. The molecule has 9 heteroatoms. The molecule has 0 atom stereocenters. The molecule has 30 heavy (non-hydrogen) atoms. The number of fused-ring (bicyclic) bond motifs is 1. The number of nitrogens with zero attached hydrogens (tertiary/aromatic N) is 3. The van der Waals surface area contributed by atoms with Gasteiger partial charge in [-0.15, -0.1) is 0 Å². The van der Waals surface area contributed by atoms with E-state index in [0.717, 1.165) is 11.3 Å². The standard InChI is InChI=1S/C21H23N5O3S/c1-13(2)20-17(12-26(3)24-20)21-22-18-10-9-16(11-19(18)23-21)30(27,28)25-14-5-7-15(29-4)8-6-14/h5-13,25H,1-4H3,(H,22,23). The number of ether oxygens (including phenoxy) is 1. The topological polar surface area (TPSA) is 102 Å². The SMILES string of the molecule is COc1ccc(NS(=O)(=O)c2ccc3nc(-c4cn(C)nc4C(C)C)[nH]c3c2)cc1. The maximum Gasteiger partial charge on any atom is 0.261 e. The first-order valence-corrected chi connectivity index (χ1v) is 11.0. The Bertz CT molecular complexity index is 1300. The molecule has 0 aliphatic heterocycles. The summed E-state index contributed by atoms with van der Waals surface area (Å²) in [5, 5.41) is 4.51. The van der Waals surface area contributed by atoms with Gasteiger partial charge in [-0.05, 0) is 48.4 Å². The van der Waals surface area contributed by atoms with E-state index in [0.29, 0.717) is 28.3 Å². The molecule has 8 nitrogen and oxygen atoms in total. The van der Waals surface area contributed by atoms with Gasteiger partial charge in [0.25, 0.3) is 10.0 Å². The Morgan fingerprint density at radius 3 is 2.53 bits per heavy atom. The summed E-state index contributed by atoms with van der Waals surface area (Å²) in [6.07, 6.45) is 1.91. The summed E-state index contributed by atoms with van der Waals surface area (Å²) < 4.78 is 35.1. The van der Waals surface area contributed by atoms with E-state index in [1.165, 1.54) is 0 Å². The number of benzene rings is 2. The number of methoxy groups -OCH3 is 1. The Morgan fingerprint density at radius 2 is 1.87 bits per heavy atom. The van der Waals surface area contributed by atoms with Crippen molar-refractivity contribution in [2.75, 3.05) is 11.8 Å². The molecular weight excluding hydrogens is 402 g/mol. The number of aromatic amines is 1. The van der Waals surface area contributed by atoms with E-state index >= 15 is 0 Å². The highest BCUT2D eigenvalue weighted by Crippen LogP contribution is 2.29. The van der Waals surface area contributed by atoms with Gasteiger partial charge in [0.2, 0.25) is 0 Å². The van der Waals surface area contributed by atoms with Crippen LogP contribution < -0.4 is 9.46 Å². The highest BCUT2D eigenvalue weighted by molar-refractivity contribution is 7.92. The van der Waals surface area contributed by atoms with Crippen LogP contribution in [-0.4, -0.2) is 35.3 Å². The van der Waals surface area contributed by atoms with Crippen LogP contribution >= 0.6 is 0 Å². The second-order valence-electron chi connectivity index (χ2n) is 7.35. The number of aryl methyl sites for hydroxylation is 1. The largest absolute Gasteiger partial charge is 0.497 e. The molecule has 0 fully saturated rings. The van der Waals surface area contributed by atoms with Gasteiger partial charge in [-0.3, -0.25) is 9.40 Å². The third-order valence-corrected chi connectivity index (χ3v) is 6.14. The van der Waals surface area contributed by atoms with Gasteiger partial charge >= 0.3 is 0 Å². The van der Waals surface area contributed by atoms with Crippen molar-refractivity contribution in [3.63, 3.8) is 0 Å². The molecule has 0 amide bonds. The zero-order chi connectivity index (χ0) is 21.5. The quantitative estimate of drug-likeness (QED) is 0.488. The Kier molecular flexibility index (Phi) is 4.98. The number of hydrogen-bond acceptors (Lipinski definition) is 5. The van der Waals surface area contributed by atoms with Gasteiger partial charge in [-0.1, -0.05) is 13.8 Å². The molecule has 0 spiro atoms. The molecule has 2 aromatic carbocycles. The van der Waals surface area contributed by atoms with Crippen LogP contribution in [0.4, 0.5) is 5.69 Å². The van der Waals surface area contributed by atoms with Crippen molar-refractivity contribution in [3.8, 4) is 17.1 Å². The smallest absolute Gasteiger partial charge is 0.261 e. The van der Waals surface area contributed by atoms with Crippen molar-refractivity contribution in [1.29, 1.82) is 0 Å². The number of anilines is 1. The number of nitrogens with one attached hydrogen (secondary N) is 2. The lowest BCUT2D eigenvalue weighted by Crippen LogP contribution is -2.12. The van der Waals surface area contributed by atoms with Crippen LogP contribution in [0.5, 0.6) is 5.75 Å². The Labute approximate surface area is 175 Å². The Balaban J connectivity index is 1.68. The monoisotopic (exact) mass is 425 g/mol. The predicted octanol–water partition coefficient (Wildman–Crippen LogP) is 3.90. The van der Waals surface area contributed by atoms with Crippen molar-refractivity contribution >= 4 is 26.7 Å². The number of rotatable bonds is 6. The summed E-state index contributed by atoms with van der Waals surface area (Å²) >= 11 is 0. The third kappa shape index (κ3) is 3.76. The Morgan fingerprint density at radius 1 is 1.13 bits per heavy atom. The molecule has 0 radical (unpaired) electrons. The molecule has 2 heterocycles. The van der Waals surface area contributed by atoms with E-state index in [2.05, 4.69) is 33.6 Å². The number of aromatic nitrogens is 4. The fraction of sp³-hybridized carbons (Fsp3) is 0.238. The fourth-order valence-corrected chi connectivity index (χ4v) is 4.36. The van der Waals surface area contributed by atoms with Crippen molar-refractivity contribution in [1.82, 2.24) is 19.7 Å². The molecular formula is C21H23N5O3S. The summed E-state index contributed by atoms with van der Waals surface area (Å²) in [6.45, 7) is 4.15. The molecule has 2 aromatic heterocycles. The fourth-order valence-electron chi connectivity index (χ4n) is 3.27. The minimum absolute atomic E-state index is 0.149. The van der Waals surface area contributed by atoms with Crippen LogP contribution in [0.1, 0.15) is 25.5 Å². The zero-order valence-corrected chi connectivity index (χ0v) is 18.0. The summed E-state index contributed by atoms with van der Waals surface area (Å²) in [5.74, 6) is 1.55. The van der Waals surface area contributed by atoms with Crippen molar-refractivity contribution in [2.24, 2.45) is 7.05 Å². The number of hydrogen-bond donors (Lipinski definition) is 2. The van der Waals surface area contributed by atoms with Crippen molar-refractivity contribution in [3.05, 3.63) is 54.4 Å². The molecule has 2 N–H and O–H groups in total. The van der Waals surface area contributed by atoms with Crippen LogP contribution in [-0.2, 0) is 17.1 Å². The average Bonchev–Trinajstić information content (AvgIpc) is 3.31. The minimum Gasteiger partial charge on any atom is -0.497 e. The lowest BCUT2D eigenvalue weighted by atomic mass is 10.1. The molecule has 4 rings (SSSR count). The second kappa shape index (κ2) is 7.49. The van der Waals surface area contributed by atoms with Gasteiger partial charge in [0.1, 0.15) is 11.6 Å². The van der Waals surface area contributed by atoms with Gasteiger partial charge < -0.3 is 9.72 Å². The van der Waals surface area contributed by atoms with Crippen molar-refractivity contribution < 1.29 is 13.2 Å². The maximum atomic E-state index is 12.8. The van der Waals surface area contributed by atoms with Crippen molar-refractivity contribution in [2.45, 2.75) is 24.7 Å². The molecule has 0 aliphatic rings. The first-order valence-electron chi connectivity index (χ1n) is 9.47. The van der Waals surface area contributed by atoms with Gasteiger partial charge in [0.05, 0.1) is 34.3 Å². The summed E-state index contributed by atoms with van der Waals surface area (Å²) in [6, 6.07) is 11.5. The first kappa shape index (κ1) is 20.0. The number of sulfonamides is 1. The zero-order valence-electron chi connectivity index (χ0n) is 17.2. The second-order valence-corrected chi connectivity index (χ2v) is 9.04. The van der Waals surface area contributed by atoms with E-state index in [4.69, 9.17) is 4.74 Å². The summed E-state index contributed by atoms with van der Waals surface area (Å²) in [4.78, 5) is 8.02. The number of H-pyrrole nitrogens is 1. The summed E-state index contributed by atoms with van der Waals surface area (Å²) in [5.41, 5.74) is 3.63. The highest BCUT2D eigenvalue weighted by atomic mass is 32.2. The number of imidazole rings is 1. The highest BCUT2D eigenvalue weighted by Gasteiger charge is 2.19.